The zero-order valence-corrected chi connectivity index (χ0v) is 14.5. The van der Waals surface area contributed by atoms with Gasteiger partial charge in [0.05, 0.1) is 12.2 Å². The monoisotopic (exact) mass is 357 g/mol. The van der Waals surface area contributed by atoms with E-state index in [1.165, 1.54) is 0 Å². The van der Waals surface area contributed by atoms with E-state index in [2.05, 4.69) is 21.2 Å². The number of hydrogen-bond acceptors (Lipinski definition) is 3. The SMILES string of the molecule is CC(C)(C)OCCCC(=O)Nc1ccc(OCCBr)cc1. The average Bonchev–Trinajstić information content (AvgIpc) is 2.42. The number of halogens is 1. The van der Waals surface area contributed by atoms with E-state index >= 15 is 0 Å². The smallest absolute Gasteiger partial charge is 0.224 e. The molecule has 0 heterocycles. The van der Waals surface area contributed by atoms with E-state index in [1.54, 1.807) is 0 Å². The van der Waals surface area contributed by atoms with Crippen LogP contribution in [0.25, 0.3) is 0 Å². The molecule has 0 atom stereocenters. The number of alkyl halides is 1. The molecule has 0 saturated heterocycles. The lowest BCUT2D eigenvalue weighted by Gasteiger charge is -2.19. The lowest BCUT2D eigenvalue weighted by molar-refractivity contribution is -0.116. The molecule has 1 rings (SSSR count). The number of benzene rings is 1. The third-order valence-corrected chi connectivity index (χ3v) is 2.89. The molecule has 0 bridgehead atoms. The number of hydrogen-bond donors (Lipinski definition) is 1. The zero-order valence-electron chi connectivity index (χ0n) is 12.9. The number of rotatable bonds is 8. The largest absolute Gasteiger partial charge is 0.493 e. The lowest BCUT2D eigenvalue weighted by Crippen LogP contribution is -2.20. The van der Waals surface area contributed by atoms with Crippen LogP contribution >= 0.6 is 15.9 Å². The van der Waals surface area contributed by atoms with Crippen LogP contribution in [0, 0.1) is 0 Å². The van der Waals surface area contributed by atoms with E-state index in [4.69, 9.17) is 9.47 Å². The van der Waals surface area contributed by atoms with Gasteiger partial charge in [0.25, 0.3) is 0 Å². The number of carbonyl (C=O) groups is 1. The van der Waals surface area contributed by atoms with E-state index in [9.17, 15) is 4.79 Å². The van der Waals surface area contributed by atoms with E-state index in [0.29, 0.717) is 19.6 Å². The van der Waals surface area contributed by atoms with Gasteiger partial charge in [0.2, 0.25) is 5.91 Å². The van der Waals surface area contributed by atoms with Crippen LogP contribution in [0.15, 0.2) is 24.3 Å². The summed E-state index contributed by atoms with van der Waals surface area (Å²) in [5.74, 6) is 0.799. The van der Waals surface area contributed by atoms with Crippen LogP contribution in [0.2, 0.25) is 0 Å². The zero-order chi connectivity index (χ0) is 15.7. The highest BCUT2D eigenvalue weighted by atomic mass is 79.9. The number of carbonyl (C=O) groups excluding carboxylic acids is 1. The number of amides is 1. The highest BCUT2D eigenvalue weighted by Gasteiger charge is 2.10. The minimum Gasteiger partial charge on any atom is -0.493 e. The van der Waals surface area contributed by atoms with Crippen LogP contribution in [0.5, 0.6) is 5.75 Å². The predicted molar refractivity (Wildman–Crippen MR) is 89.3 cm³/mol. The number of anilines is 1. The first-order valence-electron chi connectivity index (χ1n) is 7.13. The van der Waals surface area contributed by atoms with Crippen LogP contribution in [-0.4, -0.2) is 30.1 Å². The molecule has 0 radical (unpaired) electrons. The Kier molecular flexibility index (Phi) is 7.75. The summed E-state index contributed by atoms with van der Waals surface area (Å²) in [6, 6.07) is 7.38. The molecule has 1 aromatic carbocycles. The Balaban J connectivity index is 2.28. The molecule has 4 nitrogen and oxygen atoms in total. The molecule has 5 heteroatoms. The summed E-state index contributed by atoms with van der Waals surface area (Å²) in [5.41, 5.74) is 0.629. The second kappa shape index (κ2) is 9.05. The fourth-order valence-corrected chi connectivity index (χ4v) is 1.79. The van der Waals surface area contributed by atoms with Gasteiger partial charge in [0, 0.05) is 24.0 Å². The molecule has 1 N–H and O–H groups in total. The van der Waals surface area contributed by atoms with Gasteiger partial charge >= 0.3 is 0 Å². The van der Waals surface area contributed by atoms with Gasteiger partial charge in [-0.2, -0.15) is 0 Å². The van der Waals surface area contributed by atoms with Crippen molar-refractivity contribution in [2.45, 2.75) is 39.2 Å². The Bertz CT molecular complexity index is 426. The Morgan fingerprint density at radius 1 is 1.19 bits per heavy atom. The van der Waals surface area contributed by atoms with Gasteiger partial charge in [-0.15, -0.1) is 0 Å². The molecule has 0 aromatic heterocycles. The molecule has 0 unspecified atom stereocenters. The third kappa shape index (κ3) is 8.73. The van der Waals surface area contributed by atoms with Crippen LogP contribution in [-0.2, 0) is 9.53 Å². The molecule has 21 heavy (non-hydrogen) atoms. The van der Waals surface area contributed by atoms with Crippen molar-refractivity contribution in [2.75, 3.05) is 23.9 Å². The van der Waals surface area contributed by atoms with E-state index in [1.807, 2.05) is 45.0 Å². The topological polar surface area (TPSA) is 47.6 Å². The molecule has 1 aromatic rings. The summed E-state index contributed by atoms with van der Waals surface area (Å²) in [7, 11) is 0. The summed E-state index contributed by atoms with van der Waals surface area (Å²) >= 11 is 3.30. The molecule has 0 aliphatic heterocycles. The normalized spacial score (nSPS) is 11.2. The maximum Gasteiger partial charge on any atom is 0.224 e. The van der Waals surface area contributed by atoms with E-state index in [0.717, 1.165) is 23.2 Å². The average molecular weight is 358 g/mol. The quantitative estimate of drug-likeness (QED) is 0.565. The first kappa shape index (κ1) is 18.0. The standard InChI is InChI=1S/C16H24BrNO3/c1-16(2,3)21-11-4-5-15(19)18-13-6-8-14(9-7-13)20-12-10-17/h6-9H,4-5,10-12H2,1-3H3,(H,18,19). The fraction of sp³-hybridized carbons (Fsp3) is 0.562. The van der Waals surface area contributed by atoms with E-state index < -0.39 is 0 Å². The second-order valence-electron chi connectivity index (χ2n) is 5.67. The molecular weight excluding hydrogens is 334 g/mol. The molecule has 1 amide bonds. The maximum absolute atomic E-state index is 11.8. The lowest BCUT2D eigenvalue weighted by atomic mass is 10.2. The minimum absolute atomic E-state index is 0.00151. The van der Waals surface area contributed by atoms with Gasteiger partial charge in [0.15, 0.2) is 0 Å². The molecule has 0 saturated carbocycles. The first-order valence-corrected chi connectivity index (χ1v) is 8.25. The number of nitrogens with one attached hydrogen (secondary N) is 1. The molecular formula is C16H24BrNO3. The Hall–Kier alpha value is -1.07. The minimum atomic E-state index is -0.151. The van der Waals surface area contributed by atoms with Crippen molar-refractivity contribution in [1.82, 2.24) is 0 Å². The van der Waals surface area contributed by atoms with Gasteiger partial charge in [0.1, 0.15) is 5.75 Å². The molecule has 118 valence electrons. The molecule has 0 fully saturated rings. The maximum atomic E-state index is 11.8. The van der Waals surface area contributed by atoms with Gasteiger partial charge in [-0.25, -0.2) is 0 Å². The Morgan fingerprint density at radius 2 is 1.86 bits per heavy atom. The van der Waals surface area contributed by atoms with Gasteiger partial charge < -0.3 is 14.8 Å². The van der Waals surface area contributed by atoms with Crippen molar-refractivity contribution in [3.8, 4) is 5.75 Å². The van der Waals surface area contributed by atoms with E-state index in [-0.39, 0.29) is 11.5 Å². The van der Waals surface area contributed by atoms with Gasteiger partial charge in [-0.05, 0) is 51.5 Å². The van der Waals surface area contributed by atoms with Crippen molar-refractivity contribution < 1.29 is 14.3 Å². The summed E-state index contributed by atoms with van der Waals surface area (Å²) in [4.78, 5) is 11.8. The highest BCUT2D eigenvalue weighted by molar-refractivity contribution is 9.09. The van der Waals surface area contributed by atoms with Crippen LogP contribution < -0.4 is 10.1 Å². The van der Waals surface area contributed by atoms with Gasteiger partial charge in [-0.1, -0.05) is 15.9 Å². The number of ether oxygens (including phenoxy) is 2. The summed E-state index contributed by atoms with van der Waals surface area (Å²) < 4.78 is 11.0. The van der Waals surface area contributed by atoms with Crippen LogP contribution in [0.1, 0.15) is 33.6 Å². The third-order valence-electron chi connectivity index (χ3n) is 2.57. The van der Waals surface area contributed by atoms with Crippen molar-refractivity contribution >= 4 is 27.5 Å². The second-order valence-corrected chi connectivity index (χ2v) is 6.47. The molecule has 0 aliphatic carbocycles. The Morgan fingerprint density at radius 3 is 2.43 bits per heavy atom. The van der Waals surface area contributed by atoms with Crippen molar-refractivity contribution in [2.24, 2.45) is 0 Å². The fourth-order valence-electron chi connectivity index (χ4n) is 1.63. The molecule has 0 aliphatic rings. The van der Waals surface area contributed by atoms with Crippen molar-refractivity contribution in [3.63, 3.8) is 0 Å². The van der Waals surface area contributed by atoms with Crippen molar-refractivity contribution in [1.29, 1.82) is 0 Å². The summed E-state index contributed by atoms with van der Waals surface area (Å²) in [6.07, 6.45) is 1.17. The first-order chi connectivity index (χ1) is 9.90. The summed E-state index contributed by atoms with van der Waals surface area (Å²) in [6.45, 7) is 7.24. The molecule has 0 spiro atoms. The highest BCUT2D eigenvalue weighted by Crippen LogP contribution is 2.16. The van der Waals surface area contributed by atoms with Crippen LogP contribution in [0.3, 0.4) is 0 Å². The predicted octanol–water partition coefficient (Wildman–Crippen LogP) is 3.99. The van der Waals surface area contributed by atoms with Gasteiger partial charge in [-0.3, -0.25) is 4.79 Å². The van der Waals surface area contributed by atoms with Crippen molar-refractivity contribution in [3.05, 3.63) is 24.3 Å². The summed E-state index contributed by atoms with van der Waals surface area (Å²) in [5, 5.41) is 3.66. The van der Waals surface area contributed by atoms with Crippen LogP contribution in [0.4, 0.5) is 5.69 Å². The Labute approximate surface area is 135 Å².